The number of alkyl halides is 2. The van der Waals surface area contributed by atoms with Gasteiger partial charge in [-0.1, -0.05) is 0 Å². The molecule has 2 aliphatic rings. The summed E-state index contributed by atoms with van der Waals surface area (Å²) in [7, 11) is -8.38. The van der Waals surface area contributed by atoms with E-state index < -0.39 is 60.7 Å². The molecule has 2 unspecified atom stereocenters. The normalized spacial score (nSPS) is 19.4. The molecule has 0 spiro atoms. The van der Waals surface area contributed by atoms with Gasteiger partial charge < -0.3 is 15.6 Å². The lowest BCUT2D eigenvalue weighted by molar-refractivity contribution is 0.0541. The number of rotatable bonds is 7. The van der Waals surface area contributed by atoms with E-state index in [-0.39, 0.29) is 27.5 Å². The Hall–Kier alpha value is -2.98. The van der Waals surface area contributed by atoms with Crippen LogP contribution in [0.2, 0.25) is 0 Å². The first-order valence-electron chi connectivity index (χ1n) is 9.98. The van der Waals surface area contributed by atoms with E-state index in [2.05, 4.69) is 10.4 Å². The number of carbonyl (C=O) groups is 1. The van der Waals surface area contributed by atoms with E-state index in [0.717, 1.165) is 17.4 Å². The lowest BCUT2D eigenvalue weighted by Gasteiger charge is -2.37. The van der Waals surface area contributed by atoms with Crippen molar-refractivity contribution in [3.8, 4) is 5.75 Å². The second-order valence-electron chi connectivity index (χ2n) is 7.87. The van der Waals surface area contributed by atoms with Crippen molar-refractivity contribution in [2.75, 3.05) is 16.2 Å². The number of amides is 1. The lowest BCUT2D eigenvalue weighted by Crippen LogP contribution is -2.55. The van der Waals surface area contributed by atoms with Gasteiger partial charge in [0.05, 0.1) is 29.4 Å². The van der Waals surface area contributed by atoms with Gasteiger partial charge in [-0.15, -0.1) is 0 Å². The van der Waals surface area contributed by atoms with E-state index in [1.165, 1.54) is 18.2 Å². The minimum absolute atomic E-state index is 0.00315. The fourth-order valence-corrected chi connectivity index (χ4v) is 7.11. The number of fused-ring (bicyclic) bond motifs is 1. The van der Waals surface area contributed by atoms with Crippen molar-refractivity contribution in [1.29, 1.82) is 0 Å². The zero-order valence-electron chi connectivity index (χ0n) is 17.6. The first-order valence-corrected chi connectivity index (χ1v) is 13.0. The van der Waals surface area contributed by atoms with E-state index in [0.29, 0.717) is 12.8 Å². The highest BCUT2D eigenvalue weighted by molar-refractivity contribution is 7.93. The summed E-state index contributed by atoms with van der Waals surface area (Å²) >= 11 is 0. The van der Waals surface area contributed by atoms with E-state index in [4.69, 9.17) is 15.6 Å². The molecule has 1 fully saturated rings. The first kappa shape index (κ1) is 24.2. The van der Waals surface area contributed by atoms with Gasteiger partial charge >= 0.3 is 12.6 Å². The Bertz CT molecular complexity index is 1340. The second-order valence-corrected chi connectivity index (χ2v) is 12.1. The number of ether oxygens (including phenoxy) is 1. The average molecular weight is 522 g/mol. The topological polar surface area (TPSA) is 174 Å². The molecule has 0 bridgehead atoms. The number of carboxylic acid groups (broad SMARTS) is 1. The van der Waals surface area contributed by atoms with Gasteiger partial charge in [0.25, 0.3) is 10.0 Å². The molecule has 12 nitrogen and oxygen atoms in total. The van der Waals surface area contributed by atoms with Gasteiger partial charge in [0.2, 0.25) is 0 Å². The molecular weight excluding hydrogens is 500 g/mol. The number of nitrogens with zero attached hydrogens (tertiary/aromatic N) is 3. The smallest absolute Gasteiger partial charge is 0.409 e. The maximum atomic E-state index is 13.5. The minimum Gasteiger partial charge on any atom is -0.484 e. The van der Waals surface area contributed by atoms with Crippen molar-refractivity contribution in [2.24, 2.45) is 5.73 Å². The third-order valence-electron chi connectivity index (χ3n) is 5.59. The van der Waals surface area contributed by atoms with Crippen molar-refractivity contribution >= 4 is 37.3 Å². The summed E-state index contributed by atoms with van der Waals surface area (Å²) < 4.78 is 85.6. The number of anilines is 2. The van der Waals surface area contributed by atoms with Crippen molar-refractivity contribution < 1.29 is 40.3 Å². The third-order valence-corrected chi connectivity index (χ3v) is 9.94. The van der Waals surface area contributed by atoms with Crippen molar-refractivity contribution in [1.82, 2.24) is 9.78 Å². The number of hydrogen-bond donors (Lipinski definition) is 3. The van der Waals surface area contributed by atoms with Crippen molar-refractivity contribution in [2.45, 2.75) is 47.9 Å². The van der Waals surface area contributed by atoms with Crippen molar-refractivity contribution in [3.05, 3.63) is 30.1 Å². The molecule has 1 aromatic heterocycles. The zero-order valence-corrected chi connectivity index (χ0v) is 19.3. The number of nitrogens with two attached hydrogens (primary N) is 1. The number of halogens is 2. The Balaban J connectivity index is 1.81. The molecule has 34 heavy (non-hydrogen) atoms. The van der Waals surface area contributed by atoms with Crippen LogP contribution in [0.4, 0.5) is 25.0 Å². The summed E-state index contributed by atoms with van der Waals surface area (Å²) in [6, 6.07) is 3.73. The predicted octanol–water partition coefficient (Wildman–Crippen LogP) is 1.49. The molecule has 4 rings (SSSR count). The molecule has 186 valence electrons. The SMILES string of the molecule is Cc1c(S(=O)(=O)N2CC(C(N)S(=O)(=O)C3CC3)Oc3ccc(NC(=O)O)cc32)cnn1C(F)F. The predicted molar refractivity (Wildman–Crippen MR) is 115 cm³/mol. The molecule has 1 saturated carbocycles. The Kier molecular flexibility index (Phi) is 5.93. The average Bonchev–Trinajstić information content (AvgIpc) is 3.54. The molecule has 16 heteroatoms. The molecule has 1 aromatic carbocycles. The first-order chi connectivity index (χ1) is 15.8. The molecule has 4 N–H and O–H groups in total. The number of sulfonamides is 1. The van der Waals surface area contributed by atoms with Gasteiger partial charge in [-0.3, -0.25) is 9.62 Å². The molecule has 1 aliphatic heterocycles. The fraction of sp³-hybridized carbons (Fsp3) is 0.444. The van der Waals surface area contributed by atoms with Crippen LogP contribution >= 0.6 is 0 Å². The highest BCUT2D eigenvalue weighted by Crippen LogP contribution is 2.41. The zero-order chi connectivity index (χ0) is 25.0. The Labute approximate surface area is 193 Å². The van der Waals surface area contributed by atoms with Crippen LogP contribution in [0.25, 0.3) is 0 Å². The van der Waals surface area contributed by atoms with Gasteiger partial charge in [0.15, 0.2) is 9.84 Å². The molecule has 1 aliphatic carbocycles. The number of aromatic nitrogens is 2. The molecule has 2 atom stereocenters. The van der Waals surface area contributed by atoms with Crippen LogP contribution in [-0.2, 0) is 19.9 Å². The summed E-state index contributed by atoms with van der Waals surface area (Å²) in [5, 5.41) is 12.3. The summed E-state index contributed by atoms with van der Waals surface area (Å²) in [5.74, 6) is -0.0730. The van der Waals surface area contributed by atoms with Gasteiger partial charge in [-0.25, -0.2) is 26.3 Å². The maximum absolute atomic E-state index is 13.5. The van der Waals surface area contributed by atoms with E-state index in [1.54, 1.807) is 0 Å². The number of benzene rings is 1. The van der Waals surface area contributed by atoms with Crippen LogP contribution in [-0.4, -0.2) is 61.1 Å². The monoisotopic (exact) mass is 521 g/mol. The van der Waals surface area contributed by atoms with Gasteiger partial charge in [-0.2, -0.15) is 13.9 Å². The Morgan fingerprint density at radius 2 is 1.97 bits per heavy atom. The van der Waals surface area contributed by atoms with Crippen LogP contribution in [0, 0.1) is 6.92 Å². The van der Waals surface area contributed by atoms with Gasteiger partial charge in [0.1, 0.15) is 22.1 Å². The van der Waals surface area contributed by atoms with Crippen LogP contribution in [0.5, 0.6) is 5.75 Å². The van der Waals surface area contributed by atoms with Gasteiger partial charge in [0, 0.05) is 5.69 Å². The molecule has 0 radical (unpaired) electrons. The molecule has 0 saturated heterocycles. The molecule has 1 amide bonds. The quantitative estimate of drug-likeness (QED) is 0.488. The largest absolute Gasteiger partial charge is 0.484 e. The Morgan fingerprint density at radius 1 is 1.29 bits per heavy atom. The van der Waals surface area contributed by atoms with E-state index in [9.17, 15) is 30.4 Å². The van der Waals surface area contributed by atoms with Crippen LogP contribution in [0.3, 0.4) is 0 Å². The highest BCUT2D eigenvalue weighted by Gasteiger charge is 2.47. The second kappa shape index (κ2) is 8.35. The summed E-state index contributed by atoms with van der Waals surface area (Å²) in [4.78, 5) is 10.5. The number of sulfone groups is 1. The van der Waals surface area contributed by atoms with Gasteiger partial charge in [-0.05, 0) is 38.0 Å². The fourth-order valence-electron chi connectivity index (χ4n) is 3.68. The Morgan fingerprint density at radius 3 is 2.53 bits per heavy atom. The van der Waals surface area contributed by atoms with Crippen molar-refractivity contribution in [3.63, 3.8) is 0 Å². The summed E-state index contributed by atoms with van der Waals surface area (Å²) in [5.41, 5.74) is 5.54. The number of hydrogen-bond acceptors (Lipinski definition) is 8. The van der Waals surface area contributed by atoms with Crippen LogP contribution in [0.1, 0.15) is 25.1 Å². The minimum atomic E-state index is -4.57. The lowest BCUT2D eigenvalue weighted by atomic mass is 10.2. The highest BCUT2D eigenvalue weighted by atomic mass is 32.2. The molecular formula is C18H21F2N5O7S2. The summed E-state index contributed by atoms with van der Waals surface area (Å²) in [6.45, 7) is -2.49. The van der Waals surface area contributed by atoms with Crippen LogP contribution < -0.4 is 20.1 Å². The number of nitrogens with one attached hydrogen (secondary N) is 1. The molecule has 2 aromatic rings. The third kappa shape index (κ3) is 4.16. The standard InChI is InChI=1S/C18H21F2N5O7S2/c1-9-15(7-22-25(9)17(19)20)34(30,31)24-8-14(16(21)33(28,29)11-3-4-11)32-13-5-2-10(6-12(13)24)23-18(26)27/h2,5-7,11,14,16-17,23H,3-4,8,21H2,1H3,(H,26,27). The van der Waals surface area contributed by atoms with E-state index >= 15 is 0 Å². The van der Waals surface area contributed by atoms with E-state index in [1.807, 2.05) is 0 Å². The van der Waals surface area contributed by atoms with Crippen LogP contribution in [0.15, 0.2) is 29.3 Å². The summed E-state index contributed by atoms with van der Waals surface area (Å²) in [6.07, 6.45) is -1.07. The maximum Gasteiger partial charge on any atom is 0.409 e. The molecule has 2 heterocycles.